The lowest BCUT2D eigenvalue weighted by atomic mass is 10.1. The second-order valence-electron chi connectivity index (χ2n) is 5.26. The Labute approximate surface area is 129 Å². The van der Waals surface area contributed by atoms with Crippen LogP contribution < -0.4 is 10.6 Å². The molecule has 0 aliphatic heterocycles. The minimum absolute atomic E-state index is 0.169. The first-order valence-corrected chi connectivity index (χ1v) is 6.52. The maximum atomic E-state index is 12.6. The number of urea groups is 1. The summed E-state index contributed by atoms with van der Waals surface area (Å²) in [6.07, 6.45) is -4.59. The smallest absolute Gasteiger partial charge is 0.337 e. The second-order valence-corrected chi connectivity index (χ2v) is 5.26. The van der Waals surface area contributed by atoms with E-state index in [1.165, 1.54) is 6.07 Å². The van der Waals surface area contributed by atoms with Crippen LogP contribution in [0, 0.1) is 6.92 Å². The van der Waals surface area contributed by atoms with E-state index in [9.17, 15) is 18.0 Å². The van der Waals surface area contributed by atoms with Gasteiger partial charge in [0.15, 0.2) is 5.82 Å². The number of rotatable bonds is 3. The van der Waals surface area contributed by atoms with Crippen LogP contribution >= 0.6 is 0 Å². The highest BCUT2D eigenvalue weighted by molar-refractivity contribution is 5.88. The molecule has 0 atom stereocenters. The third kappa shape index (κ3) is 4.18. The fraction of sp³-hybridized carbons (Fsp3) is 0.385. The first kappa shape index (κ1) is 16.7. The van der Waals surface area contributed by atoms with Gasteiger partial charge in [0.1, 0.15) is 17.1 Å². The van der Waals surface area contributed by atoms with Gasteiger partial charge in [-0.2, -0.15) is 18.2 Å². The lowest BCUT2D eigenvalue weighted by Gasteiger charge is -2.21. The number of aryl methyl sites for hydroxylation is 1. The molecule has 2 amide bonds. The summed E-state index contributed by atoms with van der Waals surface area (Å²) in [6, 6.07) is 2.46. The minimum atomic E-state index is -4.59. The van der Waals surface area contributed by atoms with Crippen LogP contribution in [0.1, 0.15) is 31.3 Å². The van der Waals surface area contributed by atoms with Gasteiger partial charge < -0.3 is 9.84 Å². The molecular formula is C13H14F3N5O2. The molecule has 7 nitrogen and oxygen atoms in total. The zero-order chi connectivity index (χ0) is 17.3. The molecule has 0 aliphatic carbocycles. The maximum absolute atomic E-state index is 12.6. The first-order chi connectivity index (χ1) is 10.6. The fourth-order valence-electron chi connectivity index (χ4n) is 1.70. The summed E-state index contributed by atoms with van der Waals surface area (Å²) in [6.45, 7) is 4.84. The van der Waals surface area contributed by atoms with Crippen molar-refractivity contribution in [3.63, 3.8) is 0 Å². The van der Waals surface area contributed by atoms with Gasteiger partial charge in [-0.25, -0.2) is 9.78 Å². The molecule has 2 N–H and O–H groups in total. The molecule has 0 saturated carbocycles. The van der Waals surface area contributed by atoms with Gasteiger partial charge in [0.25, 0.3) is 5.89 Å². The summed E-state index contributed by atoms with van der Waals surface area (Å²) in [7, 11) is 0. The van der Waals surface area contributed by atoms with Crippen LogP contribution in [0.4, 0.5) is 23.8 Å². The number of pyridine rings is 1. The zero-order valence-corrected chi connectivity index (χ0v) is 12.5. The Morgan fingerprint density at radius 1 is 1.22 bits per heavy atom. The summed E-state index contributed by atoms with van der Waals surface area (Å²) < 4.78 is 42.7. The van der Waals surface area contributed by atoms with E-state index in [0.29, 0.717) is 5.82 Å². The van der Waals surface area contributed by atoms with Crippen molar-refractivity contribution in [2.45, 2.75) is 32.5 Å². The topological polar surface area (TPSA) is 92.9 Å². The van der Waals surface area contributed by atoms with Gasteiger partial charge in [0.2, 0.25) is 0 Å². The molecule has 0 fully saturated rings. The second kappa shape index (κ2) is 5.86. The molecule has 0 aliphatic rings. The van der Waals surface area contributed by atoms with E-state index >= 15 is 0 Å². The van der Waals surface area contributed by atoms with Crippen molar-refractivity contribution in [2.75, 3.05) is 5.32 Å². The molecule has 0 radical (unpaired) electrons. The van der Waals surface area contributed by atoms with Crippen LogP contribution in [0.2, 0.25) is 0 Å². The molecule has 10 heteroatoms. The number of amides is 2. The number of carbonyl (C=O) groups excluding carboxylic acids is 1. The average Bonchev–Trinajstić information content (AvgIpc) is 2.85. The third-order valence-corrected chi connectivity index (χ3v) is 2.77. The summed E-state index contributed by atoms with van der Waals surface area (Å²) >= 11 is 0. The molecule has 0 saturated heterocycles. The lowest BCUT2D eigenvalue weighted by Crippen LogP contribution is -2.43. The molecule has 124 valence electrons. The van der Waals surface area contributed by atoms with Crippen molar-refractivity contribution in [1.29, 1.82) is 0 Å². The largest absolute Gasteiger partial charge is 0.433 e. The molecule has 2 heterocycles. The van der Waals surface area contributed by atoms with Crippen molar-refractivity contribution in [3.05, 3.63) is 35.6 Å². The number of nitrogens with one attached hydrogen (secondary N) is 2. The fourth-order valence-corrected chi connectivity index (χ4v) is 1.70. The first-order valence-electron chi connectivity index (χ1n) is 6.52. The molecule has 2 aromatic rings. The molecule has 0 spiro atoms. The molecule has 0 bridgehead atoms. The molecule has 2 rings (SSSR count). The number of anilines is 1. The van der Waals surface area contributed by atoms with Crippen LogP contribution in [0.15, 0.2) is 22.7 Å². The van der Waals surface area contributed by atoms with E-state index in [1.54, 1.807) is 20.8 Å². The van der Waals surface area contributed by atoms with Gasteiger partial charge in [-0.05, 0) is 32.9 Å². The Balaban J connectivity index is 2.08. The standard InChI is InChI=1S/C13H14F3N5O2/c1-7-17-10(23-21-7)12(2,3)20-11(22)19-9-6-4-5-8(18-9)13(14,15)16/h4-6H,1-3H3,(H2,18,19,20,22). The summed E-state index contributed by atoms with van der Waals surface area (Å²) in [5.41, 5.74) is -2.10. The highest BCUT2D eigenvalue weighted by Crippen LogP contribution is 2.28. The summed E-state index contributed by atoms with van der Waals surface area (Å²) in [5, 5.41) is 8.38. The highest BCUT2D eigenvalue weighted by Gasteiger charge is 2.33. The van der Waals surface area contributed by atoms with Crippen LogP contribution in [0.3, 0.4) is 0 Å². The molecule has 0 aromatic carbocycles. The van der Waals surface area contributed by atoms with Crippen LogP contribution in [0.25, 0.3) is 0 Å². The van der Waals surface area contributed by atoms with Gasteiger partial charge in [-0.15, -0.1) is 0 Å². The third-order valence-electron chi connectivity index (χ3n) is 2.77. The highest BCUT2D eigenvalue weighted by atomic mass is 19.4. The van der Waals surface area contributed by atoms with Crippen molar-refractivity contribution < 1.29 is 22.5 Å². The maximum Gasteiger partial charge on any atom is 0.433 e. The van der Waals surface area contributed by atoms with Crippen LogP contribution in [-0.4, -0.2) is 21.2 Å². The van der Waals surface area contributed by atoms with Crippen LogP contribution in [0.5, 0.6) is 0 Å². The van der Waals surface area contributed by atoms with Crippen molar-refractivity contribution in [3.8, 4) is 0 Å². The van der Waals surface area contributed by atoms with E-state index in [2.05, 4.69) is 25.8 Å². The Hall–Kier alpha value is -2.65. The number of halogens is 3. The Kier molecular flexibility index (Phi) is 4.26. The van der Waals surface area contributed by atoms with Crippen molar-refractivity contribution >= 4 is 11.8 Å². The van der Waals surface area contributed by atoms with Gasteiger partial charge in [-0.1, -0.05) is 11.2 Å². The molecule has 0 unspecified atom stereocenters. The predicted octanol–water partition coefficient (Wildman–Crippen LogP) is 2.85. The number of hydrogen-bond acceptors (Lipinski definition) is 5. The van der Waals surface area contributed by atoms with Crippen molar-refractivity contribution in [1.82, 2.24) is 20.4 Å². The number of alkyl halides is 3. The summed E-state index contributed by atoms with van der Waals surface area (Å²) in [4.78, 5) is 19.3. The van der Waals surface area contributed by atoms with Gasteiger partial charge >= 0.3 is 12.2 Å². The zero-order valence-electron chi connectivity index (χ0n) is 12.5. The summed E-state index contributed by atoms with van der Waals surface area (Å²) in [5.74, 6) is 0.340. The van der Waals surface area contributed by atoms with Crippen molar-refractivity contribution in [2.24, 2.45) is 0 Å². The van der Waals surface area contributed by atoms with E-state index in [1.807, 2.05) is 0 Å². The molecular weight excluding hydrogens is 315 g/mol. The number of aromatic nitrogens is 3. The van der Waals surface area contributed by atoms with E-state index < -0.39 is 23.4 Å². The monoisotopic (exact) mass is 329 g/mol. The van der Waals surface area contributed by atoms with E-state index in [-0.39, 0.29) is 11.7 Å². The number of nitrogens with zero attached hydrogens (tertiary/aromatic N) is 3. The SMILES string of the molecule is Cc1noc(C(C)(C)NC(=O)Nc2cccc(C(F)(F)F)n2)n1. The molecule has 23 heavy (non-hydrogen) atoms. The Morgan fingerprint density at radius 3 is 2.48 bits per heavy atom. The Morgan fingerprint density at radius 2 is 1.91 bits per heavy atom. The van der Waals surface area contributed by atoms with Crippen LogP contribution in [-0.2, 0) is 11.7 Å². The minimum Gasteiger partial charge on any atom is -0.337 e. The lowest BCUT2D eigenvalue weighted by molar-refractivity contribution is -0.141. The molecule has 2 aromatic heterocycles. The van der Waals surface area contributed by atoms with Gasteiger partial charge in [0.05, 0.1) is 0 Å². The number of hydrogen-bond donors (Lipinski definition) is 2. The van der Waals surface area contributed by atoms with Gasteiger partial charge in [-0.3, -0.25) is 5.32 Å². The van der Waals surface area contributed by atoms with E-state index in [4.69, 9.17) is 4.52 Å². The average molecular weight is 329 g/mol. The van der Waals surface area contributed by atoms with E-state index in [0.717, 1.165) is 12.1 Å². The predicted molar refractivity (Wildman–Crippen MR) is 73.5 cm³/mol. The quantitative estimate of drug-likeness (QED) is 0.903. The number of carbonyl (C=O) groups is 1. The van der Waals surface area contributed by atoms with Gasteiger partial charge in [0, 0.05) is 0 Å². The Bertz CT molecular complexity index is 712. The normalized spacial score (nSPS) is 12.1.